The van der Waals surface area contributed by atoms with E-state index < -0.39 is 0 Å². The summed E-state index contributed by atoms with van der Waals surface area (Å²) in [6.07, 6.45) is 6.21. The molecule has 4 aromatic rings. The molecule has 7 heteroatoms. The Labute approximate surface area is 181 Å². The fraction of sp³-hybridized carbons (Fsp3) is 0.348. The third-order valence-electron chi connectivity index (χ3n) is 6.09. The van der Waals surface area contributed by atoms with Crippen LogP contribution in [0.25, 0.3) is 22.4 Å². The standard InChI is InChI=1S/C23H25N5O.ClH/c1-23(24)13-5-4-6-18(23)22-26-21(27-29-22)17-11-9-16(10-12-17)14-28-15-25-19-7-2-3-8-20(19)28;/h2-3,7-12,15,18H,4-6,13-14,24H2,1H3;1H. The second-order valence-corrected chi connectivity index (χ2v) is 8.32. The van der Waals surface area contributed by atoms with E-state index in [-0.39, 0.29) is 23.9 Å². The number of aromatic nitrogens is 4. The number of rotatable bonds is 4. The molecule has 0 radical (unpaired) electrons. The monoisotopic (exact) mass is 423 g/mol. The highest BCUT2D eigenvalue weighted by molar-refractivity contribution is 5.85. The molecule has 2 unspecified atom stereocenters. The first-order valence-electron chi connectivity index (χ1n) is 10.2. The second-order valence-electron chi connectivity index (χ2n) is 8.32. The van der Waals surface area contributed by atoms with Gasteiger partial charge in [-0.25, -0.2) is 4.98 Å². The van der Waals surface area contributed by atoms with Crippen molar-refractivity contribution in [2.75, 3.05) is 0 Å². The lowest BCUT2D eigenvalue weighted by Gasteiger charge is -2.35. The third-order valence-corrected chi connectivity index (χ3v) is 6.09. The van der Waals surface area contributed by atoms with Gasteiger partial charge in [-0.15, -0.1) is 12.4 Å². The Kier molecular flexibility index (Phi) is 5.62. The molecule has 156 valence electrons. The highest BCUT2D eigenvalue weighted by Crippen LogP contribution is 2.38. The molecule has 0 saturated heterocycles. The van der Waals surface area contributed by atoms with Crippen LogP contribution in [0.5, 0.6) is 0 Å². The Morgan fingerprint density at radius 3 is 2.73 bits per heavy atom. The molecule has 2 heterocycles. The molecule has 2 aromatic carbocycles. The highest BCUT2D eigenvalue weighted by Gasteiger charge is 2.37. The van der Waals surface area contributed by atoms with Crippen LogP contribution in [-0.2, 0) is 6.54 Å². The first kappa shape index (κ1) is 20.6. The van der Waals surface area contributed by atoms with Crippen LogP contribution < -0.4 is 5.73 Å². The molecule has 2 atom stereocenters. The number of hydrogen-bond acceptors (Lipinski definition) is 5. The van der Waals surface area contributed by atoms with Crippen molar-refractivity contribution >= 4 is 23.4 Å². The number of para-hydroxylation sites is 2. The molecule has 1 fully saturated rings. The zero-order chi connectivity index (χ0) is 19.8. The van der Waals surface area contributed by atoms with Crippen LogP contribution in [0.2, 0.25) is 0 Å². The van der Waals surface area contributed by atoms with E-state index in [0.717, 1.165) is 48.8 Å². The Morgan fingerprint density at radius 1 is 1.13 bits per heavy atom. The van der Waals surface area contributed by atoms with Gasteiger partial charge < -0.3 is 14.8 Å². The zero-order valence-electron chi connectivity index (χ0n) is 17.0. The average Bonchev–Trinajstić information content (AvgIpc) is 3.36. The minimum absolute atomic E-state index is 0. The summed E-state index contributed by atoms with van der Waals surface area (Å²) in [6, 6.07) is 16.5. The minimum atomic E-state index is -0.278. The molecule has 1 aliphatic carbocycles. The lowest BCUT2D eigenvalue weighted by molar-refractivity contribution is 0.223. The summed E-state index contributed by atoms with van der Waals surface area (Å²) in [5, 5.41) is 4.22. The number of hydrogen-bond donors (Lipinski definition) is 1. The van der Waals surface area contributed by atoms with Crippen LogP contribution in [0.4, 0.5) is 0 Å². The van der Waals surface area contributed by atoms with Gasteiger partial charge >= 0.3 is 0 Å². The first-order chi connectivity index (χ1) is 14.1. The summed E-state index contributed by atoms with van der Waals surface area (Å²) in [4.78, 5) is 9.13. The van der Waals surface area contributed by atoms with E-state index in [2.05, 4.69) is 44.8 Å². The molecule has 0 aliphatic heterocycles. The predicted octanol–water partition coefficient (Wildman–Crippen LogP) is 4.93. The van der Waals surface area contributed by atoms with Crippen molar-refractivity contribution in [3.05, 3.63) is 66.3 Å². The third kappa shape index (κ3) is 3.85. The minimum Gasteiger partial charge on any atom is -0.339 e. The fourth-order valence-corrected chi connectivity index (χ4v) is 4.35. The summed E-state index contributed by atoms with van der Waals surface area (Å²) >= 11 is 0. The van der Waals surface area contributed by atoms with E-state index >= 15 is 0 Å². The van der Waals surface area contributed by atoms with Crippen LogP contribution in [0.1, 0.15) is 50.0 Å². The maximum Gasteiger partial charge on any atom is 0.231 e. The van der Waals surface area contributed by atoms with Crippen LogP contribution >= 0.6 is 12.4 Å². The van der Waals surface area contributed by atoms with Gasteiger partial charge in [-0.2, -0.15) is 4.98 Å². The van der Waals surface area contributed by atoms with E-state index in [4.69, 9.17) is 10.3 Å². The van der Waals surface area contributed by atoms with Gasteiger partial charge in [-0.1, -0.05) is 54.4 Å². The first-order valence-corrected chi connectivity index (χ1v) is 10.2. The maximum absolute atomic E-state index is 6.49. The van der Waals surface area contributed by atoms with Gasteiger partial charge in [0.2, 0.25) is 11.7 Å². The van der Waals surface area contributed by atoms with Crippen molar-refractivity contribution in [3.8, 4) is 11.4 Å². The number of nitrogens with zero attached hydrogens (tertiary/aromatic N) is 4. The van der Waals surface area contributed by atoms with Crippen molar-refractivity contribution in [1.82, 2.24) is 19.7 Å². The molecule has 1 saturated carbocycles. The molecule has 5 rings (SSSR count). The average molecular weight is 424 g/mol. The molecule has 1 aliphatic rings. The molecule has 0 amide bonds. The molecule has 0 bridgehead atoms. The Morgan fingerprint density at radius 2 is 1.93 bits per heavy atom. The van der Waals surface area contributed by atoms with Gasteiger partial charge in [0, 0.05) is 17.6 Å². The summed E-state index contributed by atoms with van der Waals surface area (Å²) in [5.74, 6) is 1.42. The maximum atomic E-state index is 6.49. The van der Waals surface area contributed by atoms with E-state index in [1.165, 1.54) is 5.56 Å². The van der Waals surface area contributed by atoms with Crippen LogP contribution in [0.15, 0.2) is 59.4 Å². The molecule has 2 N–H and O–H groups in total. The topological polar surface area (TPSA) is 82.8 Å². The van der Waals surface area contributed by atoms with Crippen LogP contribution in [-0.4, -0.2) is 25.2 Å². The van der Waals surface area contributed by atoms with Crippen molar-refractivity contribution in [2.24, 2.45) is 5.73 Å². The summed E-state index contributed by atoms with van der Waals surface area (Å²) in [6.45, 7) is 2.86. The number of imidazole rings is 1. The largest absolute Gasteiger partial charge is 0.339 e. The zero-order valence-corrected chi connectivity index (χ0v) is 17.8. The van der Waals surface area contributed by atoms with Gasteiger partial charge in [-0.05, 0) is 37.5 Å². The van der Waals surface area contributed by atoms with Gasteiger partial charge in [-0.3, -0.25) is 0 Å². The van der Waals surface area contributed by atoms with Gasteiger partial charge in [0.05, 0.1) is 23.3 Å². The normalized spacial score (nSPS) is 21.5. The molecular weight excluding hydrogens is 398 g/mol. The second kappa shape index (κ2) is 8.20. The van der Waals surface area contributed by atoms with E-state index in [1.807, 2.05) is 36.7 Å². The number of nitrogens with two attached hydrogens (primary N) is 1. The van der Waals surface area contributed by atoms with Crippen molar-refractivity contribution in [2.45, 2.75) is 50.6 Å². The van der Waals surface area contributed by atoms with Gasteiger partial charge in [0.1, 0.15) is 0 Å². The molecule has 0 spiro atoms. The van der Waals surface area contributed by atoms with Crippen LogP contribution in [0.3, 0.4) is 0 Å². The van der Waals surface area contributed by atoms with Gasteiger partial charge in [0.15, 0.2) is 0 Å². The summed E-state index contributed by atoms with van der Waals surface area (Å²) < 4.78 is 7.76. The van der Waals surface area contributed by atoms with E-state index in [9.17, 15) is 0 Å². The number of fused-ring (bicyclic) bond motifs is 1. The fourth-order valence-electron chi connectivity index (χ4n) is 4.35. The van der Waals surface area contributed by atoms with Gasteiger partial charge in [0.25, 0.3) is 0 Å². The molecular formula is C23H26ClN5O. The Hall–Kier alpha value is -2.70. The van der Waals surface area contributed by atoms with Crippen molar-refractivity contribution in [3.63, 3.8) is 0 Å². The molecule has 30 heavy (non-hydrogen) atoms. The molecule has 6 nitrogen and oxygen atoms in total. The van der Waals surface area contributed by atoms with E-state index in [0.29, 0.717) is 11.7 Å². The van der Waals surface area contributed by atoms with E-state index in [1.54, 1.807) is 0 Å². The van der Waals surface area contributed by atoms with Crippen LogP contribution in [0, 0.1) is 0 Å². The Balaban J connectivity index is 0.00000218. The summed E-state index contributed by atoms with van der Waals surface area (Å²) in [5.41, 5.74) is 10.5. The number of benzene rings is 2. The number of halogens is 1. The quantitative estimate of drug-likeness (QED) is 0.503. The summed E-state index contributed by atoms with van der Waals surface area (Å²) in [7, 11) is 0. The lowest BCUT2D eigenvalue weighted by Crippen LogP contribution is -2.44. The van der Waals surface area contributed by atoms with Crippen molar-refractivity contribution < 1.29 is 4.52 Å². The van der Waals surface area contributed by atoms with Crippen molar-refractivity contribution in [1.29, 1.82) is 0 Å². The SMILES string of the molecule is CC1(N)CCCCC1c1nc(-c2ccc(Cn3cnc4ccccc43)cc2)no1.Cl. The smallest absolute Gasteiger partial charge is 0.231 e. The highest BCUT2D eigenvalue weighted by atomic mass is 35.5. The molecule has 2 aromatic heterocycles. The predicted molar refractivity (Wildman–Crippen MR) is 120 cm³/mol. The lowest BCUT2D eigenvalue weighted by atomic mass is 9.74. The Bertz CT molecular complexity index is 1130.